The molecule has 0 unspecified atom stereocenters. The van der Waals surface area contributed by atoms with Crippen LogP contribution in [-0.4, -0.2) is 38.7 Å². The standard InChI is InChI=1S/C18H24ClNO5/c1-5-6-12(2)20-16(21)11-25-17(22)8-7-13-9-14(19)18(24-4)15(10-13)23-3/h7-10,12H,5-6,11H2,1-4H3,(H,20,21)/b8-7+/t12-/m0/s1. The normalized spacial score (nSPS) is 11.9. The van der Waals surface area contributed by atoms with Gasteiger partial charge < -0.3 is 19.5 Å². The Morgan fingerprint density at radius 1 is 1.28 bits per heavy atom. The molecular weight excluding hydrogens is 346 g/mol. The molecule has 0 fully saturated rings. The molecule has 1 N–H and O–H groups in total. The first kappa shape index (κ1) is 20.8. The molecule has 0 aromatic heterocycles. The fourth-order valence-corrected chi connectivity index (χ4v) is 2.50. The summed E-state index contributed by atoms with van der Waals surface area (Å²) in [5, 5.41) is 3.12. The highest BCUT2D eigenvalue weighted by atomic mass is 35.5. The molecule has 0 bridgehead atoms. The maximum Gasteiger partial charge on any atom is 0.331 e. The molecule has 0 saturated heterocycles. The van der Waals surface area contributed by atoms with Gasteiger partial charge in [0.2, 0.25) is 0 Å². The van der Waals surface area contributed by atoms with E-state index in [1.165, 1.54) is 26.4 Å². The SMILES string of the molecule is CCC[C@H](C)NC(=O)COC(=O)/C=C/c1cc(Cl)c(OC)c(OC)c1. The fourth-order valence-electron chi connectivity index (χ4n) is 2.20. The second-order valence-electron chi connectivity index (χ2n) is 5.44. The number of benzene rings is 1. The second kappa shape index (κ2) is 10.6. The van der Waals surface area contributed by atoms with Crippen molar-refractivity contribution in [2.75, 3.05) is 20.8 Å². The van der Waals surface area contributed by atoms with E-state index >= 15 is 0 Å². The average Bonchev–Trinajstić information content (AvgIpc) is 2.57. The molecule has 138 valence electrons. The predicted molar refractivity (Wildman–Crippen MR) is 97.1 cm³/mol. The molecule has 0 heterocycles. The zero-order valence-corrected chi connectivity index (χ0v) is 15.7. The summed E-state index contributed by atoms with van der Waals surface area (Å²) in [6, 6.07) is 3.36. The molecule has 7 heteroatoms. The van der Waals surface area contributed by atoms with E-state index in [1.807, 2.05) is 13.8 Å². The van der Waals surface area contributed by atoms with Crippen molar-refractivity contribution in [1.29, 1.82) is 0 Å². The van der Waals surface area contributed by atoms with Crippen LogP contribution in [0.4, 0.5) is 0 Å². The summed E-state index contributed by atoms with van der Waals surface area (Å²) in [6.45, 7) is 3.63. The van der Waals surface area contributed by atoms with Gasteiger partial charge in [-0.1, -0.05) is 24.9 Å². The van der Waals surface area contributed by atoms with Crippen LogP contribution < -0.4 is 14.8 Å². The van der Waals surface area contributed by atoms with Crippen LogP contribution in [-0.2, 0) is 14.3 Å². The van der Waals surface area contributed by atoms with Crippen LogP contribution in [0, 0.1) is 0 Å². The number of rotatable bonds is 9. The van der Waals surface area contributed by atoms with Gasteiger partial charge in [-0.05, 0) is 37.1 Å². The van der Waals surface area contributed by atoms with Crippen LogP contribution in [0.15, 0.2) is 18.2 Å². The van der Waals surface area contributed by atoms with Crippen LogP contribution in [0.3, 0.4) is 0 Å². The van der Waals surface area contributed by atoms with Crippen molar-refractivity contribution in [2.24, 2.45) is 0 Å². The second-order valence-corrected chi connectivity index (χ2v) is 5.84. The van der Waals surface area contributed by atoms with Crippen molar-refractivity contribution in [2.45, 2.75) is 32.7 Å². The maximum atomic E-state index is 11.7. The molecule has 0 aliphatic heterocycles. The van der Waals surface area contributed by atoms with Crippen LogP contribution in [0.1, 0.15) is 32.3 Å². The van der Waals surface area contributed by atoms with Gasteiger partial charge in [-0.25, -0.2) is 4.79 Å². The van der Waals surface area contributed by atoms with Gasteiger partial charge in [-0.2, -0.15) is 0 Å². The Hall–Kier alpha value is -2.21. The summed E-state index contributed by atoms with van der Waals surface area (Å²) < 4.78 is 15.2. The van der Waals surface area contributed by atoms with Gasteiger partial charge in [0.15, 0.2) is 18.1 Å². The van der Waals surface area contributed by atoms with E-state index < -0.39 is 5.97 Å². The topological polar surface area (TPSA) is 73.9 Å². The summed E-state index contributed by atoms with van der Waals surface area (Å²) in [7, 11) is 2.98. The Balaban J connectivity index is 2.60. The van der Waals surface area contributed by atoms with E-state index in [-0.39, 0.29) is 18.6 Å². The molecule has 0 spiro atoms. The van der Waals surface area contributed by atoms with Gasteiger partial charge in [-0.15, -0.1) is 0 Å². The number of carbonyl (C=O) groups excluding carboxylic acids is 2. The molecular formula is C18H24ClNO5. The van der Waals surface area contributed by atoms with Crippen LogP contribution >= 0.6 is 11.6 Å². The number of halogens is 1. The van der Waals surface area contributed by atoms with Crippen LogP contribution in [0.25, 0.3) is 6.08 Å². The Labute approximate surface area is 153 Å². The van der Waals surface area contributed by atoms with Crippen LogP contribution in [0.2, 0.25) is 5.02 Å². The van der Waals surface area contributed by atoms with Gasteiger partial charge in [0.25, 0.3) is 5.91 Å². The quantitative estimate of drug-likeness (QED) is 0.534. The van der Waals surface area contributed by atoms with Gasteiger partial charge in [-0.3, -0.25) is 4.79 Å². The van der Waals surface area contributed by atoms with Crippen molar-refractivity contribution < 1.29 is 23.8 Å². The highest BCUT2D eigenvalue weighted by Gasteiger charge is 2.11. The number of amides is 1. The van der Waals surface area contributed by atoms with E-state index in [9.17, 15) is 9.59 Å². The van der Waals surface area contributed by atoms with E-state index in [4.69, 9.17) is 25.8 Å². The van der Waals surface area contributed by atoms with Crippen molar-refractivity contribution in [3.63, 3.8) is 0 Å². The third-order valence-electron chi connectivity index (χ3n) is 3.34. The minimum Gasteiger partial charge on any atom is -0.493 e. The number of carbonyl (C=O) groups is 2. The number of ether oxygens (including phenoxy) is 3. The van der Waals surface area contributed by atoms with Gasteiger partial charge in [0.1, 0.15) is 0 Å². The summed E-state index contributed by atoms with van der Waals surface area (Å²) in [6.07, 6.45) is 4.59. The van der Waals surface area contributed by atoms with E-state index in [1.54, 1.807) is 12.1 Å². The summed E-state index contributed by atoms with van der Waals surface area (Å²) in [5.41, 5.74) is 0.639. The first-order chi connectivity index (χ1) is 11.9. The molecule has 0 aliphatic rings. The zero-order chi connectivity index (χ0) is 18.8. The highest BCUT2D eigenvalue weighted by molar-refractivity contribution is 6.32. The van der Waals surface area contributed by atoms with Gasteiger partial charge in [0, 0.05) is 12.1 Å². The molecule has 0 radical (unpaired) electrons. The van der Waals surface area contributed by atoms with Crippen LogP contribution in [0.5, 0.6) is 11.5 Å². The van der Waals surface area contributed by atoms with Crippen molar-refractivity contribution >= 4 is 29.6 Å². The molecule has 1 rings (SSSR count). The lowest BCUT2D eigenvalue weighted by atomic mass is 10.2. The zero-order valence-electron chi connectivity index (χ0n) is 14.9. The van der Waals surface area contributed by atoms with Crippen molar-refractivity contribution in [1.82, 2.24) is 5.32 Å². The lowest BCUT2D eigenvalue weighted by molar-refractivity contribution is -0.144. The number of esters is 1. The first-order valence-corrected chi connectivity index (χ1v) is 8.34. The molecule has 25 heavy (non-hydrogen) atoms. The molecule has 1 aromatic carbocycles. The lowest BCUT2D eigenvalue weighted by Gasteiger charge is -2.12. The van der Waals surface area contributed by atoms with Crippen molar-refractivity contribution in [3.8, 4) is 11.5 Å². The third kappa shape index (κ3) is 7.05. The minimum atomic E-state index is -0.621. The van der Waals surface area contributed by atoms with Crippen molar-refractivity contribution in [3.05, 3.63) is 28.8 Å². The fraction of sp³-hybridized carbons (Fsp3) is 0.444. The van der Waals surface area contributed by atoms with Gasteiger partial charge in [0.05, 0.1) is 19.2 Å². The molecule has 1 aromatic rings. The monoisotopic (exact) mass is 369 g/mol. The summed E-state index contributed by atoms with van der Waals surface area (Å²) in [5.74, 6) is -0.0740. The first-order valence-electron chi connectivity index (χ1n) is 7.97. The van der Waals surface area contributed by atoms with E-state index in [2.05, 4.69) is 5.32 Å². The molecule has 0 saturated carbocycles. The average molecular weight is 370 g/mol. The Kier molecular flexibility index (Phi) is 8.84. The molecule has 1 atom stereocenters. The van der Waals surface area contributed by atoms with Gasteiger partial charge >= 0.3 is 5.97 Å². The highest BCUT2D eigenvalue weighted by Crippen LogP contribution is 2.36. The largest absolute Gasteiger partial charge is 0.493 e. The number of hydrogen-bond donors (Lipinski definition) is 1. The summed E-state index contributed by atoms with van der Waals surface area (Å²) in [4.78, 5) is 23.4. The molecule has 1 amide bonds. The Morgan fingerprint density at radius 2 is 2.00 bits per heavy atom. The number of methoxy groups -OCH3 is 2. The lowest BCUT2D eigenvalue weighted by Crippen LogP contribution is -2.35. The maximum absolute atomic E-state index is 11.7. The predicted octanol–water partition coefficient (Wildman–Crippen LogP) is 3.22. The minimum absolute atomic E-state index is 0.0562. The number of hydrogen-bond acceptors (Lipinski definition) is 5. The molecule has 6 nitrogen and oxygen atoms in total. The Bertz CT molecular complexity index is 630. The summed E-state index contributed by atoms with van der Waals surface area (Å²) >= 11 is 6.10. The van der Waals surface area contributed by atoms with E-state index in [0.29, 0.717) is 22.1 Å². The Morgan fingerprint density at radius 3 is 2.60 bits per heavy atom. The van der Waals surface area contributed by atoms with E-state index in [0.717, 1.165) is 12.8 Å². The third-order valence-corrected chi connectivity index (χ3v) is 3.62. The smallest absolute Gasteiger partial charge is 0.331 e. The molecule has 0 aliphatic carbocycles. The number of nitrogens with one attached hydrogen (secondary N) is 1.